The smallest absolute Gasteiger partial charge is 0.319 e. The van der Waals surface area contributed by atoms with E-state index in [0.717, 1.165) is 5.56 Å². The number of ether oxygens (including phenoxy) is 2. The first-order chi connectivity index (χ1) is 12.0. The highest BCUT2D eigenvalue weighted by molar-refractivity contribution is 5.90. The number of hydrogen-bond donors (Lipinski definition) is 2. The van der Waals surface area contributed by atoms with Crippen molar-refractivity contribution in [3.8, 4) is 5.75 Å². The van der Waals surface area contributed by atoms with Gasteiger partial charge in [0.15, 0.2) is 0 Å². The van der Waals surface area contributed by atoms with Crippen LogP contribution >= 0.6 is 0 Å². The van der Waals surface area contributed by atoms with Crippen LogP contribution in [0.1, 0.15) is 18.5 Å². The summed E-state index contributed by atoms with van der Waals surface area (Å²) >= 11 is 0. The average Bonchev–Trinajstić information content (AvgIpc) is 2.66. The maximum absolute atomic E-state index is 12.4. The van der Waals surface area contributed by atoms with Crippen LogP contribution in [0.5, 0.6) is 5.75 Å². The van der Waals surface area contributed by atoms with Gasteiger partial charge in [-0.15, -0.1) is 0 Å². The minimum atomic E-state index is -0.533. The van der Waals surface area contributed by atoms with Crippen LogP contribution in [-0.2, 0) is 9.53 Å². The zero-order chi connectivity index (χ0) is 18.2. The Bertz CT molecular complexity index is 701. The quantitative estimate of drug-likeness (QED) is 0.789. The standard InChI is InChI=1S/C19H22N2O4/c1-13(18(22)25-3)17(14-7-5-4-6-8-14)21-19(23)20-15-9-11-16(24-2)12-10-15/h4-13,17H,1-3H3,(H2,20,21,23)/t13-,17+/m0/s1. The number of rotatable bonds is 6. The molecule has 6 nitrogen and oxygen atoms in total. The highest BCUT2D eigenvalue weighted by atomic mass is 16.5. The Morgan fingerprint density at radius 2 is 1.60 bits per heavy atom. The van der Waals surface area contributed by atoms with Gasteiger partial charge in [-0.1, -0.05) is 30.3 Å². The van der Waals surface area contributed by atoms with Gasteiger partial charge in [0.05, 0.1) is 26.2 Å². The van der Waals surface area contributed by atoms with Gasteiger partial charge in [0.25, 0.3) is 0 Å². The molecule has 2 aromatic carbocycles. The molecule has 0 radical (unpaired) electrons. The molecule has 0 saturated carbocycles. The highest BCUT2D eigenvalue weighted by Crippen LogP contribution is 2.23. The molecule has 2 atom stereocenters. The predicted molar refractivity (Wildman–Crippen MR) is 95.5 cm³/mol. The van der Waals surface area contributed by atoms with Crippen molar-refractivity contribution < 1.29 is 19.1 Å². The third-order valence-electron chi connectivity index (χ3n) is 3.87. The van der Waals surface area contributed by atoms with Gasteiger partial charge in [0.1, 0.15) is 5.75 Å². The van der Waals surface area contributed by atoms with Crippen LogP contribution in [0.2, 0.25) is 0 Å². The number of carbonyl (C=O) groups excluding carboxylic acids is 2. The van der Waals surface area contributed by atoms with Gasteiger partial charge in [-0.25, -0.2) is 4.79 Å². The molecule has 2 N–H and O–H groups in total. The molecule has 0 saturated heterocycles. The monoisotopic (exact) mass is 342 g/mol. The Hall–Kier alpha value is -3.02. The van der Waals surface area contributed by atoms with Gasteiger partial charge in [-0.05, 0) is 36.8 Å². The number of benzene rings is 2. The van der Waals surface area contributed by atoms with Gasteiger partial charge < -0.3 is 20.1 Å². The van der Waals surface area contributed by atoms with Crippen LogP contribution in [0, 0.1) is 5.92 Å². The first-order valence-corrected chi connectivity index (χ1v) is 7.89. The Kier molecular flexibility index (Phi) is 6.39. The molecule has 0 spiro atoms. The van der Waals surface area contributed by atoms with E-state index in [9.17, 15) is 9.59 Å². The fraction of sp³-hybridized carbons (Fsp3) is 0.263. The number of hydrogen-bond acceptors (Lipinski definition) is 4. The number of nitrogens with one attached hydrogen (secondary N) is 2. The van der Waals surface area contributed by atoms with Crippen LogP contribution in [0.4, 0.5) is 10.5 Å². The van der Waals surface area contributed by atoms with E-state index in [-0.39, 0.29) is 0 Å². The normalized spacial score (nSPS) is 12.6. The Labute approximate surface area is 147 Å². The molecule has 0 aromatic heterocycles. The minimum absolute atomic E-state index is 0.390. The topological polar surface area (TPSA) is 76.7 Å². The van der Waals surface area contributed by atoms with Crippen molar-refractivity contribution in [1.82, 2.24) is 5.32 Å². The predicted octanol–water partition coefficient (Wildman–Crippen LogP) is 3.37. The first-order valence-electron chi connectivity index (χ1n) is 7.89. The summed E-state index contributed by atoms with van der Waals surface area (Å²) in [5.41, 5.74) is 1.45. The van der Waals surface area contributed by atoms with E-state index in [1.165, 1.54) is 7.11 Å². The number of carbonyl (C=O) groups is 2. The van der Waals surface area contributed by atoms with Gasteiger partial charge in [0, 0.05) is 5.69 Å². The fourth-order valence-corrected chi connectivity index (χ4v) is 2.46. The van der Waals surface area contributed by atoms with Crippen molar-refractivity contribution in [3.05, 3.63) is 60.2 Å². The van der Waals surface area contributed by atoms with Gasteiger partial charge in [0.2, 0.25) is 0 Å². The van der Waals surface area contributed by atoms with Crippen molar-refractivity contribution in [3.63, 3.8) is 0 Å². The number of urea groups is 1. The summed E-state index contributed by atoms with van der Waals surface area (Å²) in [6.45, 7) is 1.72. The molecule has 0 bridgehead atoms. The van der Waals surface area contributed by atoms with Gasteiger partial charge in [-0.3, -0.25) is 4.79 Å². The summed E-state index contributed by atoms with van der Waals surface area (Å²) < 4.78 is 9.90. The Morgan fingerprint density at radius 3 is 2.16 bits per heavy atom. The fourth-order valence-electron chi connectivity index (χ4n) is 2.46. The van der Waals surface area contributed by atoms with Crippen molar-refractivity contribution in [1.29, 1.82) is 0 Å². The van der Waals surface area contributed by atoms with Crippen LogP contribution in [-0.4, -0.2) is 26.2 Å². The minimum Gasteiger partial charge on any atom is -0.497 e. The van der Waals surface area contributed by atoms with Crippen LogP contribution in [0.25, 0.3) is 0 Å². The molecular weight excluding hydrogens is 320 g/mol. The Balaban J connectivity index is 2.12. The molecule has 0 unspecified atom stereocenters. The molecule has 0 fully saturated rings. The van der Waals surface area contributed by atoms with E-state index in [0.29, 0.717) is 11.4 Å². The van der Waals surface area contributed by atoms with E-state index in [4.69, 9.17) is 9.47 Å². The number of methoxy groups -OCH3 is 2. The lowest BCUT2D eigenvalue weighted by Gasteiger charge is -2.24. The molecule has 132 valence electrons. The molecule has 2 rings (SSSR count). The summed E-state index contributed by atoms with van der Waals surface area (Å²) in [5, 5.41) is 5.59. The maximum Gasteiger partial charge on any atom is 0.319 e. The molecule has 0 aliphatic carbocycles. The lowest BCUT2D eigenvalue weighted by Crippen LogP contribution is -2.38. The second-order valence-corrected chi connectivity index (χ2v) is 5.53. The zero-order valence-electron chi connectivity index (χ0n) is 14.5. The molecular formula is C19H22N2O4. The lowest BCUT2D eigenvalue weighted by atomic mass is 9.94. The zero-order valence-corrected chi connectivity index (χ0v) is 14.5. The van der Waals surface area contributed by atoms with Crippen LogP contribution < -0.4 is 15.4 Å². The van der Waals surface area contributed by atoms with Gasteiger partial charge >= 0.3 is 12.0 Å². The molecule has 0 aliphatic heterocycles. The molecule has 0 aliphatic rings. The van der Waals surface area contributed by atoms with Crippen molar-refractivity contribution in [2.75, 3.05) is 19.5 Å². The second-order valence-electron chi connectivity index (χ2n) is 5.53. The van der Waals surface area contributed by atoms with E-state index < -0.39 is 24.0 Å². The van der Waals surface area contributed by atoms with Gasteiger partial charge in [-0.2, -0.15) is 0 Å². The largest absolute Gasteiger partial charge is 0.497 e. The first kappa shape index (κ1) is 18.3. The summed E-state index contributed by atoms with van der Waals surface area (Å²) in [6, 6.07) is 15.4. The lowest BCUT2D eigenvalue weighted by molar-refractivity contribution is -0.145. The molecule has 2 aromatic rings. The molecule has 25 heavy (non-hydrogen) atoms. The van der Waals surface area contributed by atoms with E-state index >= 15 is 0 Å². The Morgan fingerprint density at radius 1 is 0.960 bits per heavy atom. The summed E-state index contributed by atoms with van der Waals surface area (Å²) in [4.78, 5) is 24.3. The van der Waals surface area contributed by atoms with Crippen LogP contribution in [0.15, 0.2) is 54.6 Å². The van der Waals surface area contributed by atoms with E-state index in [2.05, 4.69) is 10.6 Å². The molecule has 6 heteroatoms. The molecule has 0 heterocycles. The average molecular weight is 342 g/mol. The number of amides is 2. The van der Waals surface area contributed by atoms with Crippen molar-refractivity contribution in [2.45, 2.75) is 13.0 Å². The molecule has 2 amide bonds. The number of anilines is 1. The van der Waals surface area contributed by atoms with Crippen molar-refractivity contribution in [2.24, 2.45) is 5.92 Å². The number of esters is 1. The highest BCUT2D eigenvalue weighted by Gasteiger charge is 2.27. The SMILES string of the molecule is COC(=O)[C@@H](C)[C@@H](NC(=O)Nc1ccc(OC)cc1)c1ccccc1. The summed E-state index contributed by atoms with van der Waals surface area (Å²) in [5.74, 6) is -0.222. The third kappa shape index (κ3) is 4.97. The second kappa shape index (κ2) is 8.73. The van der Waals surface area contributed by atoms with Crippen LogP contribution in [0.3, 0.4) is 0 Å². The maximum atomic E-state index is 12.4. The summed E-state index contributed by atoms with van der Waals surface area (Å²) in [6.07, 6.45) is 0. The van der Waals surface area contributed by atoms with Crippen molar-refractivity contribution >= 4 is 17.7 Å². The van der Waals surface area contributed by atoms with E-state index in [1.807, 2.05) is 30.3 Å². The third-order valence-corrected chi connectivity index (χ3v) is 3.87. The summed E-state index contributed by atoms with van der Waals surface area (Å²) in [7, 11) is 2.91. The van der Waals surface area contributed by atoms with E-state index in [1.54, 1.807) is 38.3 Å².